The number of amides is 1. The van der Waals surface area contributed by atoms with Crippen molar-refractivity contribution >= 4 is 22.6 Å². The van der Waals surface area contributed by atoms with Crippen molar-refractivity contribution < 1.29 is 9.53 Å². The first kappa shape index (κ1) is 12.3. The van der Waals surface area contributed by atoms with Gasteiger partial charge in [-0.25, -0.2) is 9.78 Å². The van der Waals surface area contributed by atoms with Crippen LogP contribution >= 0.6 is 11.3 Å². The van der Waals surface area contributed by atoms with Crippen LogP contribution in [0.15, 0.2) is 6.20 Å². The molecule has 2 heterocycles. The van der Waals surface area contributed by atoms with E-state index in [4.69, 9.17) is 0 Å². The molecule has 1 aromatic rings. The van der Waals surface area contributed by atoms with Crippen LogP contribution in [0.5, 0.6) is 0 Å². The Morgan fingerprint density at radius 2 is 2.29 bits per heavy atom. The van der Waals surface area contributed by atoms with E-state index in [-0.39, 0.29) is 0 Å². The SMILES string of the molecule is COC(=O)Nc1ncc(CN2CCCCC2)s1. The standard InChI is InChI=1S/C11H17N3O2S/c1-16-11(15)13-10-12-7-9(17-10)8-14-5-3-2-4-6-14/h7H,2-6,8H2,1H3,(H,12,13,15). The molecule has 1 fully saturated rings. The lowest BCUT2D eigenvalue weighted by Gasteiger charge is -2.25. The molecule has 0 radical (unpaired) electrons. The minimum Gasteiger partial charge on any atom is -0.453 e. The quantitative estimate of drug-likeness (QED) is 0.900. The second-order valence-corrected chi connectivity index (χ2v) is 5.20. The first-order chi connectivity index (χ1) is 8.28. The molecule has 1 amide bonds. The van der Waals surface area contributed by atoms with Crippen molar-refractivity contribution in [2.24, 2.45) is 0 Å². The van der Waals surface area contributed by atoms with Gasteiger partial charge in [0.05, 0.1) is 7.11 Å². The third-order valence-corrected chi connectivity index (χ3v) is 3.67. The fourth-order valence-corrected chi connectivity index (χ4v) is 2.76. The molecule has 0 atom stereocenters. The molecule has 6 heteroatoms. The predicted octanol–water partition coefficient (Wildman–Crippen LogP) is 2.31. The summed E-state index contributed by atoms with van der Waals surface area (Å²) in [4.78, 5) is 18.8. The fourth-order valence-electron chi connectivity index (χ4n) is 1.91. The minimum absolute atomic E-state index is 0.469. The summed E-state index contributed by atoms with van der Waals surface area (Å²) in [5, 5.41) is 3.18. The Bertz CT molecular complexity index is 375. The average Bonchev–Trinajstić information content (AvgIpc) is 2.77. The summed E-state index contributed by atoms with van der Waals surface area (Å²) < 4.78 is 4.52. The van der Waals surface area contributed by atoms with E-state index in [1.54, 1.807) is 0 Å². The molecule has 1 N–H and O–H groups in total. The zero-order chi connectivity index (χ0) is 12.1. The summed E-state index contributed by atoms with van der Waals surface area (Å²) in [6.45, 7) is 3.26. The molecule has 0 saturated carbocycles. The van der Waals surface area contributed by atoms with Crippen LogP contribution in [0.25, 0.3) is 0 Å². The van der Waals surface area contributed by atoms with Crippen LogP contribution in [-0.4, -0.2) is 36.2 Å². The Kier molecular flexibility index (Phi) is 4.33. The monoisotopic (exact) mass is 255 g/mol. The third kappa shape index (κ3) is 3.67. The summed E-state index contributed by atoms with van der Waals surface area (Å²) in [6, 6.07) is 0. The largest absolute Gasteiger partial charge is 0.453 e. The second-order valence-electron chi connectivity index (χ2n) is 4.09. The van der Waals surface area contributed by atoms with Gasteiger partial charge in [-0.15, -0.1) is 11.3 Å². The molecular formula is C11H17N3O2S. The molecule has 1 aliphatic heterocycles. The van der Waals surface area contributed by atoms with E-state index in [2.05, 4.69) is 19.9 Å². The van der Waals surface area contributed by atoms with Crippen LogP contribution < -0.4 is 5.32 Å². The van der Waals surface area contributed by atoms with Crippen molar-refractivity contribution in [3.63, 3.8) is 0 Å². The summed E-state index contributed by atoms with van der Waals surface area (Å²) in [5.41, 5.74) is 0. The number of methoxy groups -OCH3 is 1. The Morgan fingerprint density at radius 1 is 1.53 bits per heavy atom. The second kappa shape index (κ2) is 5.97. The zero-order valence-electron chi connectivity index (χ0n) is 9.94. The lowest BCUT2D eigenvalue weighted by molar-refractivity contribution is 0.187. The van der Waals surface area contributed by atoms with Crippen molar-refractivity contribution in [3.8, 4) is 0 Å². The number of carbonyl (C=O) groups is 1. The molecule has 0 spiro atoms. The van der Waals surface area contributed by atoms with Gasteiger partial charge >= 0.3 is 6.09 Å². The van der Waals surface area contributed by atoms with Crippen molar-refractivity contribution in [3.05, 3.63) is 11.1 Å². The number of hydrogen-bond acceptors (Lipinski definition) is 5. The first-order valence-electron chi connectivity index (χ1n) is 5.80. The smallest absolute Gasteiger partial charge is 0.413 e. The molecule has 0 bridgehead atoms. The Balaban J connectivity index is 1.86. The van der Waals surface area contributed by atoms with Gasteiger partial charge in [-0.3, -0.25) is 10.2 Å². The van der Waals surface area contributed by atoms with Gasteiger partial charge in [0.25, 0.3) is 0 Å². The Hall–Kier alpha value is -1.14. The number of nitrogens with one attached hydrogen (secondary N) is 1. The molecular weight excluding hydrogens is 238 g/mol. The van der Waals surface area contributed by atoms with E-state index in [1.165, 1.54) is 42.6 Å². The van der Waals surface area contributed by atoms with Gasteiger partial charge in [0, 0.05) is 17.6 Å². The third-order valence-electron chi connectivity index (χ3n) is 2.78. The molecule has 5 nitrogen and oxygen atoms in total. The van der Waals surface area contributed by atoms with Crippen molar-refractivity contribution in [2.45, 2.75) is 25.8 Å². The van der Waals surface area contributed by atoms with Gasteiger partial charge in [-0.05, 0) is 25.9 Å². The maximum absolute atomic E-state index is 11.0. The number of anilines is 1. The Morgan fingerprint density at radius 3 is 3.00 bits per heavy atom. The van der Waals surface area contributed by atoms with Crippen LogP contribution in [0.1, 0.15) is 24.1 Å². The highest BCUT2D eigenvalue weighted by Gasteiger charge is 2.12. The number of carbonyl (C=O) groups excluding carboxylic acids is 1. The molecule has 1 saturated heterocycles. The molecule has 0 aromatic carbocycles. The van der Waals surface area contributed by atoms with Gasteiger partial charge in [0.2, 0.25) is 0 Å². The van der Waals surface area contributed by atoms with Crippen molar-refractivity contribution in [1.29, 1.82) is 0 Å². The summed E-state index contributed by atoms with van der Waals surface area (Å²) in [7, 11) is 1.34. The van der Waals surface area contributed by atoms with E-state index in [0.717, 1.165) is 19.6 Å². The molecule has 1 aliphatic rings. The lowest BCUT2D eigenvalue weighted by atomic mass is 10.1. The van der Waals surface area contributed by atoms with Crippen LogP contribution in [0.2, 0.25) is 0 Å². The number of aromatic nitrogens is 1. The number of likely N-dealkylation sites (tertiary alicyclic amines) is 1. The highest BCUT2D eigenvalue weighted by molar-refractivity contribution is 7.15. The lowest BCUT2D eigenvalue weighted by Crippen LogP contribution is -2.28. The molecule has 17 heavy (non-hydrogen) atoms. The van der Waals surface area contributed by atoms with Gasteiger partial charge in [-0.2, -0.15) is 0 Å². The summed E-state index contributed by atoms with van der Waals surface area (Å²) in [5.74, 6) is 0. The van der Waals surface area contributed by atoms with Crippen molar-refractivity contribution in [1.82, 2.24) is 9.88 Å². The number of piperidine rings is 1. The highest BCUT2D eigenvalue weighted by atomic mass is 32.1. The van der Waals surface area contributed by atoms with E-state index < -0.39 is 6.09 Å². The number of hydrogen-bond donors (Lipinski definition) is 1. The van der Waals surface area contributed by atoms with E-state index in [9.17, 15) is 4.79 Å². The number of thiazole rings is 1. The molecule has 94 valence electrons. The van der Waals surface area contributed by atoms with Crippen LogP contribution in [0.4, 0.5) is 9.93 Å². The van der Waals surface area contributed by atoms with Gasteiger partial charge in [0.15, 0.2) is 5.13 Å². The highest BCUT2D eigenvalue weighted by Crippen LogP contribution is 2.21. The maximum Gasteiger partial charge on any atom is 0.413 e. The van der Waals surface area contributed by atoms with E-state index >= 15 is 0 Å². The number of nitrogens with zero attached hydrogens (tertiary/aromatic N) is 2. The van der Waals surface area contributed by atoms with Gasteiger partial charge < -0.3 is 4.74 Å². The number of rotatable bonds is 3. The zero-order valence-corrected chi connectivity index (χ0v) is 10.8. The van der Waals surface area contributed by atoms with Gasteiger partial charge in [-0.1, -0.05) is 6.42 Å². The van der Waals surface area contributed by atoms with Crippen LogP contribution in [-0.2, 0) is 11.3 Å². The van der Waals surface area contributed by atoms with Crippen LogP contribution in [0.3, 0.4) is 0 Å². The van der Waals surface area contributed by atoms with E-state index in [0.29, 0.717) is 5.13 Å². The summed E-state index contributed by atoms with van der Waals surface area (Å²) >= 11 is 1.51. The topological polar surface area (TPSA) is 54.5 Å². The van der Waals surface area contributed by atoms with Gasteiger partial charge in [0.1, 0.15) is 0 Å². The van der Waals surface area contributed by atoms with Crippen LogP contribution in [0, 0.1) is 0 Å². The average molecular weight is 255 g/mol. The van der Waals surface area contributed by atoms with E-state index in [1.807, 2.05) is 6.20 Å². The van der Waals surface area contributed by atoms with Crippen molar-refractivity contribution in [2.75, 3.05) is 25.5 Å². The Labute approximate surface area is 105 Å². The summed E-state index contributed by atoms with van der Waals surface area (Å²) in [6.07, 6.45) is 5.26. The molecule has 2 rings (SSSR count). The first-order valence-corrected chi connectivity index (χ1v) is 6.61. The minimum atomic E-state index is -0.469. The fraction of sp³-hybridized carbons (Fsp3) is 0.636. The molecule has 1 aromatic heterocycles. The molecule has 0 unspecified atom stereocenters. The maximum atomic E-state index is 11.0. The predicted molar refractivity (Wildman–Crippen MR) is 67.3 cm³/mol. The molecule has 0 aliphatic carbocycles. The number of ether oxygens (including phenoxy) is 1. The normalized spacial score (nSPS) is 16.8.